The molecule has 0 atom stereocenters. The zero-order chi connectivity index (χ0) is 20.7. The van der Waals surface area contributed by atoms with Gasteiger partial charge in [0.1, 0.15) is 17.1 Å². The summed E-state index contributed by atoms with van der Waals surface area (Å²) in [6.07, 6.45) is 1.49. The first-order valence-electron chi connectivity index (χ1n) is 8.15. The predicted molar refractivity (Wildman–Crippen MR) is 101 cm³/mol. The molecule has 150 valence electrons. The number of nitrogens with one attached hydrogen (secondary N) is 1. The number of halogens is 1. The number of methoxy groups -OCH3 is 1. The first kappa shape index (κ1) is 21.1. The lowest BCUT2D eigenvalue weighted by Gasteiger charge is -2.17. The fourth-order valence-electron chi connectivity index (χ4n) is 2.17. The molecule has 0 spiro atoms. The highest BCUT2D eigenvalue weighted by Gasteiger charge is 2.19. The number of benzene rings is 1. The molecule has 0 radical (unpaired) electrons. The molecule has 9 nitrogen and oxygen atoms in total. The molecule has 28 heavy (non-hydrogen) atoms. The second-order valence-corrected chi connectivity index (χ2v) is 6.16. The normalized spacial score (nSPS) is 10.2. The second-order valence-electron chi connectivity index (χ2n) is 5.76. The van der Waals surface area contributed by atoms with Crippen molar-refractivity contribution in [3.63, 3.8) is 0 Å². The summed E-state index contributed by atoms with van der Waals surface area (Å²) in [6.45, 7) is -0.541. The molecule has 2 rings (SSSR count). The molecule has 0 bridgehead atoms. The summed E-state index contributed by atoms with van der Waals surface area (Å²) in [4.78, 5) is 37.3. The van der Waals surface area contributed by atoms with Crippen molar-refractivity contribution in [3.05, 3.63) is 46.9 Å². The fourth-order valence-corrected chi connectivity index (χ4v) is 2.33. The maximum atomic E-state index is 12.2. The summed E-state index contributed by atoms with van der Waals surface area (Å²) in [5.74, 6) is -0.979. The van der Waals surface area contributed by atoms with Crippen molar-refractivity contribution in [2.75, 3.05) is 33.0 Å². The summed E-state index contributed by atoms with van der Waals surface area (Å²) in [7, 11) is 2.78. The summed E-state index contributed by atoms with van der Waals surface area (Å²) >= 11 is 5.91. The van der Waals surface area contributed by atoms with Crippen molar-refractivity contribution in [2.45, 2.75) is 6.54 Å². The lowest BCUT2D eigenvalue weighted by Crippen LogP contribution is -2.39. The predicted octanol–water partition coefficient (Wildman–Crippen LogP) is 1.46. The Bertz CT molecular complexity index is 853. The quantitative estimate of drug-likeness (QED) is 0.499. The minimum atomic E-state index is -0.803. The van der Waals surface area contributed by atoms with Gasteiger partial charge in [-0.1, -0.05) is 11.6 Å². The van der Waals surface area contributed by atoms with E-state index in [1.807, 2.05) is 0 Å². The smallest absolute Gasteiger partial charge is 0.342 e. The molecule has 0 aliphatic carbocycles. The SMILES string of the molecule is COc1cc(N)c(Cl)cc1C(=O)OCC(=O)N(C)CC(=O)NCc1ccco1. The number of likely N-dealkylation sites (N-methyl/N-ethyl adjacent to an activating group) is 1. The fraction of sp³-hybridized carbons (Fsp3) is 0.278. The largest absolute Gasteiger partial charge is 0.496 e. The lowest BCUT2D eigenvalue weighted by molar-refractivity contribution is -0.137. The molecule has 1 aromatic carbocycles. The number of nitrogens with two attached hydrogens (primary N) is 1. The highest BCUT2D eigenvalue weighted by Crippen LogP contribution is 2.29. The van der Waals surface area contributed by atoms with E-state index < -0.39 is 18.5 Å². The van der Waals surface area contributed by atoms with Crippen LogP contribution in [0.5, 0.6) is 5.75 Å². The molecule has 2 aromatic rings. The van der Waals surface area contributed by atoms with Crippen LogP contribution in [0.15, 0.2) is 34.9 Å². The molecule has 1 aromatic heterocycles. The number of amides is 2. The lowest BCUT2D eigenvalue weighted by atomic mass is 10.2. The van der Waals surface area contributed by atoms with Crippen molar-refractivity contribution in [2.24, 2.45) is 0 Å². The zero-order valence-electron chi connectivity index (χ0n) is 15.4. The Kier molecular flexibility index (Phi) is 7.28. The molecule has 0 saturated heterocycles. The Balaban J connectivity index is 1.84. The Morgan fingerprint density at radius 3 is 2.71 bits per heavy atom. The van der Waals surface area contributed by atoms with E-state index in [9.17, 15) is 14.4 Å². The van der Waals surface area contributed by atoms with Crippen molar-refractivity contribution in [3.8, 4) is 5.75 Å². The molecule has 0 unspecified atom stereocenters. The van der Waals surface area contributed by atoms with Gasteiger partial charge in [-0.25, -0.2) is 4.79 Å². The topological polar surface area (TPSA) is 124 Å². The highest BCUT2D eigenvalue weighted by atomic mass is 35.5. The van der Waals surface area contributed by atoms with Gasteiger partial charge in [-0.05, 0) is 18.2 Å². The summed E-state index contributed by atoms with van der Waals surface area (Å²) in [5, 5.41) is 2.77. The second kappa shape index (κ2) is 9.65. The van der Waals surface area contributed by atoms with Crippen LogP contribution in [0.4, 0.5) is 5.69 Å². The van der Waals surface area contributed by atoms with Crippen LogP contribution in [-0.2, 0) is 20.9 Å². The van der Waals surface area contributed by atoms with Crippen LogP contribution in [0.1, 0.15) is 16.1 Å². The van der Waals surface area contributed by atoms with Crippen LogP contribution in [-0.4, -0.2) is 50.0 Å². The molecular weight excluding hydrogens is 390 g/mol. The van der Waals surface area contributed by atoms with Gasteiger partial charge in [-0.2, -0.15) is 0 Å². The minimum absolute atomic E-state index is 0.0355. The third-order valence-corrected chi connectivity index (χ3v) is 4.04. The number of carbonyl (C=O) groups is 3. The van der Waals surface area contributed by atoms with Crippen LogP contribution in [0.2, 0.25) is 5.02 Å². The number of anilines is 1. The van der Waals surface area contributed by atoms with Gasteiger partial charge in [-0.3, -0.25) is 9.59 Å². The van der Waals surface area contributed by atoms with Gasteiger partial charge in [-0.15, -0.1) is 0 Å². The first-order chi connectivity index (χ1) is 13.3. The van der Waals surface area contributed by atoms with Crippen molar-refractivity contribution in [1.29, 1.82) is 0 Å². The molecule has 3 N–H and O–H groups in total. The van der Waals surface area contributed by atoms with Crippen LogP contribution in [0, 0.1) is 0 Å². The number of ether oxygens (including phenoxy) is 2. The van der Waals surface area contributed by atoms with Crippen LogP contribution >= 0.6 is 11.6 Å². The first-order valence-corrected chi connectivity index (χ1v) is 8.52. The molecule has 0 aliphatic heterocycles. The number of esters is 1. The number of nitrogens with zero attached hydrogens (tertiary/aromatic N) is 1. The number of hydrogen-bond acceptors (Lipinski definition) is 7. The van der Waals surface area contributed by atoms with E-state index >= 15 is 0 Å². The van der Waals surface area contributed by atoms with Gasteiger partial charge in [0, 0.05) is 13.1 Å². The third kappa shape index (κ3) is 5.65. The van der Waals surface area contributed by atoms with E-state index in [1.54, 1.807) is 12.1 Å². The maximum Gasteiger partial charge on any atom is 0.342 e. The number of hydrogen-bond donors (Lipinski definition) is 2. The molecule has 10 heteroatoms. The Morgan fingerprint density at radius 2 is 2.07 bits per heavy atom. The van der Waals surface area contributed by atoms with E-state index in [1.165, 1.54) is 32.6 Å². The number of rotatable bonds is 8. The van der Waals surface area contributed by atoms with Crippen LogP contribution < -0.4 is 15.8 Å². The van der Waals surface area contributed by atoms with Crippen molar-refractivity contribution < 1.29 is 28.3 Å². The Labute approximate surface area is 166 Å². The van der Waals surface area contributed by atoms with Gasteiger partial charge < -0.3 is 29.8 Å². The van der Waals surface area contributed by atoms with E-state index in [2.05, 4.69) is 5.32 Å². The monoisotopic (exact) mass is 409 g/mol. The summed E-state index contributed by atoms with van der Waals surface area (Å²) < 4.78 is 15.2. The standard InChI is InChI=1S/C18H20ClN3O6/c1-22(9-16(23)21-8-11-4-3-5-27-11)17(24)10-28-18(25)12-6-13(19)14(20)7-15(12)26-2/h3-7H,8-10,20H2,1-2H3,(H,21,23). The Hall–Kier alpha value is -3.20. The molecule has 1 heterocycles. The van der Waals surface area contributed by atoms with Gasteiger partial charge in [0.05, 0.1) is 37.2 Å². The van der Waals surface area contributed by atoms with Gasteiger partial charge >= 0.3 is 5.97 Å². The van der Waals surface area contributed by atoms with E-state index in [0.29, 0.717) is 5.76 Å². The van der Waals surface area contributed by atoms with Gasteiger partial charge in [0.25, 0.3) is 5.91 Å². The Morgan fingerprint density at radius 1 is 1.32 bits per heavy atom. The van der Waals surface area contributed by atoms with Gasteiger partial charge in [0.2, 0.25) is 5.91 Å². The average molecular weight is 410 g/mol. The number of carbonyl (C=O) groups excluding carboxylic acids is 3. The average Bonchev–Trinajstić information content (AvgIpc) is 3.19. The van der Waals surface area contributed by atoms with E-state index in [-0.39, 0.29) is 41.0 Å². The van der Waals surface area contributed by atoms with Crippen molar-refractivity contribution in [1.82, 2.24) is 10.2 Å². The maximum absolute atomic E-state index is 12.2. The molecule has 0 fully saturated rings. The van der Waals surface area contributed by atoms with Crippen LogP contribution in [0.25, 0.3) is 0 Å². The molecular formula is C18H20ClN3O6. The number of furan rings is 1. The summed E-state index contributed by atoms with van der Waals surface area (Å²) in [6, 6.07) is 6.10. The van der Waals surface area contributed by atoms with E-state index in [4.69, 9.17) is 31.2 Å². The molecule has 0 aliphatic rings. The van der Waals surface area contributed by atoms with Crippen molar-refractivity contribution >= 4 is 35.1 Å². The van der Waals surface area contributed by atoms with Gasteiger partial charge in [0.15, 0.2) is 6.61 Å². The highest BCUT2D eigenvalue weighted by molar-refractivity contribution is 6.33. The molecule has 0 saturated carbocycles. The minimum Gasteiger partial charge on any atom is -0.496 e. The van der Waals surface area contributed by atoms with Crippen LogP contribution in [0.3, 0.4) is 0 Å². The third-order valence-electron chi connectivity index (χ3n) is 3.71. The number of nitrogen functional groups attached to an aromatic ring is 1. The molecule has 2 amide bonds. The summed E-state index contributed by atoms with van der Waals surface area (Å²) in [5.41, 5.74) is 5.94. The zero-order valence-corrected chi connectivity index (χ0v) is 16.1. The van der Waals surface area contributed by atoms with E-state index in [0.717, 1.165) is 4.90 Å².